The van der Waals surface area contributed by atoms with Crippen molar-refractivity contribution in [1.82, 2.24) is 20.7 Å². The fourth-order valence-electron chi connectivity index (χ4n) is 5.09. The Balaban J connectivity index is 1.36. The van der Waals surface area contributed by atoms with Crippen LogP contribution in [0.25, 0.3) is 0 Å². The van der Waals surface area contributed by atoms with Crippen molar-refractivity contribution >= 4 is 56.1 Å². The Bertz CT molecular complexity index is 1610. The van der Waals surface area contributed by atoms with Gasteiger partial charge in [-0.25, -0.2) is 9.78 Å². The molecule has 3 heterocycles. The molecule has 0 bridgehead atoms. The number of carboxylic acids is 1. The van der Waals surface area contributed by atoms with Gasteiger partial charge in [-0.2, -0.15) is 13.5 Å². The molecule has 17 nitrogen and oxygen atoms in total. The summed E-state index contributed by atoms with van der Waals surface area (Å²) in [5.74, 6) is -2.50. The molecule has 19 heteroatoms. The van der Waals surface area contributed by atoms with Crippen molar-refractivity contribution in [2.75, 3.05) is 25.4 Å². The molecule has 0 saturated carbocycles. The van der Waals surface area contributed by atoms with E-state index in [1.54, 1.807) is 24.3 Å². The summed E-state index contributed by atoms with van der Waals surface area (Å²) in [6.07, 6.45) is 3.35. The molecule has 3 unspecified atom stereocenters. The lowest BCUT2D eigenvalue weighted by atomic mass is 9.84. The monoisotopic (exact) mass is 695 g/mol. The standard InChI is InChI=1S/C28H37N7O10S2/c1-28(2)23(25(37)35(28)45-47(40,41)42)33-24(36)22(20-15-46-27(30)32-20)34-44-21(26(38)39)14-43-18-10-8-17(9-11-18)19(29)7-3-5-16-6-4-12-31-13-16/h8-11,15-16,21,23,29,31H,3-7,12-14H2,1-2H3,(H2,30,32)(H,33,36)(H,38,39)(H,40,41,42). The van der Waals surface area contributed by atoms with E-state index in [1.165, 1.54) is 32.1 Å². The van der Waals surface area contributed by atoms with Crippen LogP contribution in [-0.2, 0) is 33.9 Å². The Kier molecular flexibility index (Phi) is 11.5. The van der Waals surface area contributed by atoms with Gasteiger partial charge < -0.3 is 36.5 Å². The average molecular weight is 696 g/mol. The molecule has 0 spiro atoms. The second kappa shape index (κ2) is 15.2. The van der Waals surface area contributed by atoms with Crippen LogP contribution in [0.15, 0.2) is 34.8 Å². The molecule has 2 fully saturated rings. The SMILES string of the molecule is CC1(C)C(NC(=O)C(=NOC(COc2ccc(C(=N)CCCC3CCCNC3)cc2)C(=O)O)c2csc(N)n2)C(=O)N1OS(=O)(=O)O. The van der Waals surface area contributed by atoms with E-state index >= 15 is 0 Å². The first-order valence-electron chi connectivity index (χ1n) is 14.7. The normalized spacial score (nSPS) is 20.2. The Morgan fingerprint density at radius 1 is 1.32 bits per heavy atom. The number of oxime groups is 1. The number of carboxylic acid groups (broad SMARTS) is 1. The van der Waals surface area contributed by atoms with Crippen LogP contribution in [0.2, 0.25) is 0 Å². The molecule has 3 atom stereocenters. The van der Waals surface area contributed by atoms with E-state index in [9.17, 15) is 27.9 Å². The summed E-state index contributed by atoms with van der Waals surface area (Å²) >= 11 is 0.960. The summed E-state index contributed by atoms with van der Waals surface area (Å²) < 4.78 is 41.0. The molecule has 7 N–H and O–H groups in total. The highest BCUT2D eigenvalue weighted by Crippen LogP contribution is 2.33. The Morgan fingerprint density at radius 2 is 2.04 bits per heavy atom. The number of aromatic nitrogens is 1. The summed E-state index contributed by atoms with van der Waals surface area (Å²) in [4.78, 5) is 46.8. The van der Waals surface area contributed by atoms with Crippen molar-refractivity contribution in [3.05, 3.63) is 40.9 Å². The highest BCUT2D eigenvalue weighted by atomic mass is 32.3. The van der Waals surface area contributed by atoms with Gasteiger partial charge in [0, 0.05) is 11.1 Å². The third kappa shape index (κ3) is 9.44. The minimum absolute atomic E-state index is 0.0597. The molecule has 47 heavy (non-hydrogen) atoms. The van der Waals surface area contributed by atoms with Gasteiger partial charge in [0.25, 0.3) is 17.9 Å². The van der Waals surface area contributed by atoms with E-state index in [0.717, 1.165) is 42.8 Å². The quantitative estimate of drug-likeness (QED) is 0.0628. The number of amides is 2. The fourth-order valence-corrected chi connectivity index (χ4v) is 6.09. The summed E-state index contributed by atoms with van der Waals surface area (Å²) in [7, 11) is -5.01. The molecule has 4 rings (SSSR count). The Morgan fingerprint density at radius 3 is 2.62 bits per heavy atom. The van der Waals surface area contributed by atoms with Crippen molar-refractivity contribution < 1.29 is 46.3 Å². The topological polar surface area (TPSA) is 256 Å². The molecular weight excluding hydrogens is 658 g/mol. The number of carbonyl (C=O) groups is 3. The van der Waals surface area contributed by atoms with Crippen LogP contribution in [0.4, 0.5) is 5.13 Å². The number of nitrogens with two attached hydrogens (primary N) is 1. The molecule has 2 aliphatic heterocycles. The number of benzene rings is 1. The number of hydroxylamine groups is 2. The Labute approximate surface area is 274 Å². The van der Waals surface area contributed by atoms with Crippen molar-refractivity contribution in [2.24, 2.45) is 11.1 Å². The van der Waals surface area contributed by atoms with Crippen molar-refractivity contribution in [2.45, 2.75) is 63.6 Å². The number of carbonyl (C=O) groups excluding carboxylic acids is 2. The lowest BCUT2D eigenvalue weighted by molar-refractivity contribution is -0.218. The van der Waals surface area contributed by atoms with E-state index < -0.39 is 58.2 Å². The highest BCUT2D eigenvalue weighted by molar-refractivity contribution is 7.80. The number of β-lactam (4-membered cyclic amide) rings is 1. The van der Waals surface area contributed by atoms with E-state index in [0.29, 0.717) is 28.9 Å². The molecular formula is C28H37N7O10S2. The molecule has 2 aromatic rings. The van der Waals surface area contributed by atoms with Crippen molar-refractivity contribution in [3.8, 4) is 5.75 Å². The van der Waals surface area contributed by atoms with Crippen LogP contribution in [0, 0.1) is 11.3 Å². The molecule has 0 aliphatic carbocycles. The van der Waals surface area contributed by atoms with Gasteiger partial charge in [0.15, 0.2) is 10.8 Å². The lowest BCUT2D eigenvalue weighted by Crippen LogP contribution is -2.76. The zero-order valence-corrected chi connectivity index (χ0v) is 27.3. The van der Waals surface area contributed by atoms with Gasteiger partial charge in [-0.15, -0.1) is 15.6 Å². The number of nitrogens with zero attached hydrogens (tertiary/aromatic N) is 3. The van der Waals surface area contributed by atoms with Crippen LogP contribution >= 0.6 is 11.3 Å². The zero-order chi connectivity index (χ0) is 34.4. The number of piperidine rings is 1. The second-order valence-electron chi connectivity index (χ2n) is 11.6. The number of hydrogen-bond acceptors (Lipinski definition) is 14. The number of rotatable bonds is 16. The number of anilines is 1. The van der Waals surface area contributed by atoms with E-state index in [2.05, 4.69) is 25.1 Å². The van der Waals surface area contributed by atoms with Crippen LogP contribution in [0.1, 0.15) is 57.2 Å². The number of ether oxygens (including phenoxy) is 1. The number of nitrogen functional groups attached to an aromatic ring is 1. The van der Waals surface area contributed by atoms with Gasteiger partial charge in [0.05, 0.1) is 5.54 Å². The van der Waals surface area contributed by atoms with Gasteiger partial charge in [-0.05, 0) is 94.8 Å². The molecule has 2 saturated heterocycles. The summed E-state index contributed by atoms with van der Waals surface area (Å²) in [5.41, 5.74) is 4.89. The third-order valence-electron chi connectivity index (χ3n) is 7.69. The molecule has 256 valence electrons. The maximum absolute atomic E-state index is 13.2. The van der Waals surface area contributed by atoms with Gasteiger partial charge in [-0.1, -0.05) is 5.16 Å². The molecule has 2 amide bonds. The minimum atomic E-state index is -5.01. The number of nitrogens with one attached hydrogen (secondary N) is 3. The summed E-state index contributed by atoms with van der Waals surface area (Å²) in [6, 6.07) is 5.33. The molecule has 2 aliphatic rings. The van der Waals surface area contributed by atoms with E-state index in [1.807, 2.05) is 0 Å². The zero-order valence-electron chi connectivity index (χ0n) is 25.7. The smallest absolute Gasteiger partial charge is 0.418 e. The largest absolute Gasteiger partial charge is 0.489 e. The first-order valence-corrected chi connectivity index (χ1v) is 16.9. The van der Waals surface area contributed by atoms with Crippen molar-refractivity contribution in [1.29, 1.82) is 5.41 Å². The predicted octanol–water partition coefficient (Wildman–Crippen LogP) is 1.36. The molecule has 1 aromatic heterocycles. The molecule has 0 radical (unpaired) electrons. The number of thiazole rings is 1. The maximum atomic E-state index is 13.2. The van der Waals surface area contributed by atoms with E-state index in [4.69, 9.17) is 25.3 Å². The van der Waals surface area contributed by atoms with Gasteiger partial charge in [0.2, 0.25) is 0 Å². The average Bonchev–Trinajstić information content (AvgIpc) is 3.45. The maximum Gasteiger partial charge on any atom is 0.418 e. The van der Waals surface area contributed by atoms with Crippen LogP contribution in [0.3, 0.4) is 0 Å². The van der Waals surface area contributed by atoms with Gasteiger partial charge in [0.1, 0.15) is 24.1 Å². The predicted molar refractivity (Wildman–Crippen MR) is 169 cm³/mol. The van der Waals surface area contributed by atoms with Crippen molar-refractivity contribution in [3.63, 3.8) is 0 Å². The van der Waals surface area contributed by atoms with Crippen LogP contribution in [0.5, 0.6) is 5.75 Å². The highest BCUT2D eigenvalue weighted by Gasteiger charge is 2.58. The Hall–Kier alpha value is -4.17. The second-order valence-corrected chi connectivity index (χ2v) is 13.5. The molecule has 1 aromatic carbocycles. The number of hydrogen-bond donors (Lipinski definition) is 6. The summed E-state index contributed by atoms with van der Waals surface area (Å²) in [5, 5.41) is 29.4. The van der Waals surface area contributed by atoms with E-state index in [-0.39, 0.29) is 10.8 Å². The lowest BCUT2D eigenvalue weighted by Gasteiger charge is -2.50. The van der Waals surface area contributed by atoms with Gasteiger partial charge >= 0.3 is 16.4 Å². The van der Waals surface area contributed by atoms with Crippen LogP contribution < -0.4 is 21.1 Å². The first kappa shape index (κ1) is 35.7. The number of aliphatic carboxylic acids is 1. The first-order chi connectivity index (χ1) is 22.2. The summed E-state index contributed by atoms with van der Waals surface area (Å²) in [6.45, 7) is 4.31. The minimum Gasteiger partial charge on any atom is -0.489 e. The van der Waals surface area contributed by atoms with Gasteiger partial charge in [-0.3, -0.25) is 14.1 Å². The fraction of sp³-hybridized carbons (Fsp3) is 0.500. The van der Waals surface area contributed by atoms with Crippen LogP contribution in [-0.4, -0.2) is 94.7 Å². The third-order valence-corrected chi connectivity index (χ3v) is 8.70.